The summed E-state index contributed by atoms with van der Waals surface area (Å²) in [6.45, 7) is 0. The number of ether oxygens (including phenoxy) is 2. The van der Waals surface area contributed by atoms with Crippen molar-refractivity contribution in [1.82, 2.24) is 0 Å². The first kappa shape index (κ1) is 30.7. The van der Waals surface area contributed by atoms with Gasteiger partial charge in [0.25, 0.3) is 0 Å². The summed E-state index contributed by atoms with van der Waals surface area (Å²) >= 11 is 0. The van der Waals surface area contributed by atoms with Gasteiger partial charge >= 0.3 is 192 Å². The molecule has 0 amide bonds. The third-order valence-electron chi connectivity index (χ3n) is 0.341. The zero-order chi connectivity index (χ0) is 8.15. The monoisotopic (exact) mass is 514 g/mol. The van der Waals surface area contributed by atoms with Crippen LogP contribution < -0.4 is 0 Å². The second-order valence-corrected chi connectivity index (χ2v) is 0.986. The predicted molar refractivity (Wildman–Crippen MR) is 57.8 cm³/mol. The van der Waals surface area contributed by atoms with Gasteiger partial charge in [-0.3, -0.25) is 0 Å². The molecular formula is C3H10Ba2Ca2O7. The van der Waals surface area contributed by atoms with Crippen LogP contribution >= 0.6 is 0 Å². The summed E-state index contributed by atoms with van der Waals surface area (Å²) in [6, 6.07) is 0. The Kier molecular flexibility index (Phi) is 42.1. The van der Waals surface area contributed by atoms with Gasteiger partial charge in [-0.2, -0.15) is 0 Å². The summed E-state index contributed by atoms with van der Waals surface area (Å²) < 4.78 is 6.47. The topological polar surface area (TPSA) is 110 Å². The molecule has 0 aliphatic heterocycles. The van der Waals surface area contributed by atoms with Gasteiger partial charge in [-0.05, 0) is 0 Å². The molecule has 0 fully saturated rings. The van der Waals surface area contributed by atoms with E-state index >= 15 is 0 Å². The molecule has 2 N–H and O–H groups in total. The first-order chi connectivity index (χ1) is 4.52. The van der Waals surface area contributed by atoms with Gasteiger partial charge in [-0.1, -0.05) is 0 Å². The molecule has 11 heteroatoms. The van der Waals surface area contributed by atoms with Gasteiger partial charge < -0.3 is 19.7 Å². The van der Waals surface area contributed by atoms with Crippen molar-refractivity contribution in [3.8, 4) is 0 Å². The fourth-order valence-corrected chi connectivity index (χ4v) is 0.163. The van der Waals surface area contributed by atoms with Crippen molar-refractivity contribution in [2.45, 2.75) is 0 Å². The zero-order valence-corrected chi connectivity index (χ0v) is 4.44. The van der Waals surface area contributed by atoms with Crippen LogP contribution in [0.15, 0.2) is 0 Å². The number of carboxylic acid groups (broad SMARTS) is 2. The Morgan fingerprint density at radius 3 is 1.14 bits per heavy atom. The van der Waals surface area contributed by atoms with E-state index in [1.807, 2.05) is 0 Å². The molecule has 14 heavy (non-hydrogen) atoms. The molecule has 7 nitrogen and oxygen atoms in total. The van der Waals surface area contributed by atoms with Crippen LogP contribution in [0.5, 0.6) is 0 Å². The summed E-state index contributed by atoms with van der Waals surface area (Å²) in [5.41, 5.74) is 0. The van der Waals surface area contributed by atoms with E-state index in [2.05, 4.69) is 9.47 Å². The van der Waals surface area contributed by atoms with Crippen LogP contribution in [0.1, 0.15) is 0 Å². The normalized spacial score (nSPS) is 5.71. The summed E-state index contributed by atoms with van der Waals surface area (Å²) in [5, 5.41) is 15.4. The molecule has 0 rings (SSSR count). The van der Waals surface area contributed by atoms with Crippen LogP contribution in [-0.4, -0.2) is 202 Å². The Hall–Kier alpha value is 3.87. The quantitative estimate of drug-likeness (QED) is 0.200. The molecule has 0 spiro atoms. The summed E-state index contributed by atoms with van der Waals surface area (Å²) in [7, 11) is 0. The molecule has 0 aromatic heterocycles. The van der Waals surface area contributed by atoms with Gasteiger partial charge in [0.2, 0.25) is 0 Å². The van der Waals surface area contributed by atoms with Crippen LogP contribution in [0.4, 0.5) is 14.4 Å². The van der Waals surface area contributed by atoms with Crippen LogP contribution in [0.2, 0.25) is 0 Å². The van der Waals surface area contributed by atoms with Gasteiger partial charge in [0.1, 0.15) is 0 Å². The van der Waals surface area contributed by atoms with Crippen molar-refractivity contribution in [3.05, 3.63) is 0 Å². The van der Waals surface area contributed by atoms with Crippen molar-refractivity contribution >= 4 is 192 Å². The molecule has 0 radical (unpaired) electrons. The van der Waals surface area contributed by atoms with Crippen molar-refractivity contribution in [2.75, 3.05) is 0 Å². The van der Waals surface area contributed by atoms with Crippen molar-refractivity contribution in [3.63, 3.8) is 0 Å². The van der Waals surface area contributed by atoms with Crippen molar-refractivity contribution in [2.24, 2.45) is 0 Å². The Balaban J connectivity index is -0.0000000675. The van der Waals surface area contributed by atoms with Gasteiger partial charge in [0.05, 0.1) is 0 Å². The summed E-state index contributed by atoms with van der Waals surface area (Å²) in [6.07, 6.45) is -5.64. The minimum absolute atomic E-state index is 0. The van der Waals surface area contributed by atoms with Gasteiger partial charge in [-0.25, -0.2) is 14.4 Å². The first-order valence-corrected chi connectivity index (χ1v) is 1.88. The van der Waals surface area contributed by atoms with Crippen molar-refractivity contribution < 1.29 is 34.1 Å². The molecule has 0 unspecified atom stereocenters. The van der Waals surface area contributed by atoms with E-state index in [4.69, 9.17) is 10.2 Å². The number of carbonyl (C=O) groups excluding carboxylic acids is 1. The second kappa shape index (κ2) is 19.2. The van der Waals surface area contributed by atoms with Crippen LogP contribution in [0.25, 0.3) is 0 Å². The number of carbonyl (C=O) groups is 3. The standard InChI is InChI=1S/C3H2O7.2Ba.2Ca.8H/c4-1(5)9-3(8)10-2(6)7;;;;;;;;;;;;/h(H,4,5)(H,6,7);;;;;;;;;;;;. The van der Waals surface area contributed by atoms with Gasteiger partial charge in [0, 0.05) is 0 Å². The van der Waals surface area contributed by atoms with E-state index in [9.17, 15) is 14.4 Å². The summed E-state index contributed by atoms with van der Waals surface area (Å²) in [4.78, 5) is 28.8. The number of hydrogen-bond donors (Lipinski definition) is 2. The molecule has 0 heterocycles. The maximum atomic E-state index is 9.86. The zero-order valence-electron chi connectivity index (χ0n) is 4.44. The Bertz CT molecular complexity index is 168. The SMILES string of the molecule is O=C(O)OC(=O)OC(=O)O.[BaH2].[BaH2].[CaH2].[CaH2]. The average molecular weight is 513 g/mol. The molecule has 0 atom stereocenters. The minimum atomic E-state index is -1.92. The average Bonchev–Trinajstić information content (AvgIpc) is 1.58. The fourth-order valence-electron chi connectivity index (χ4n) is 0.163. The number of hydrogen-bond acceptors (Lipinski definition) is 5. The Labute approximate surface area is 219 Å². The van der Waals surface area contributed by atoms with Gasteiger partial charge in [0.15, 0.2) is 0 Å². The van der Waals surface area contributed by atoms with E-state index in [0.717, 1.165) is 0 Å². The molecule has 72 valence electrons. The molecule has 0 aliphatic rings. The third-order valence-corrected chi connectivity index (χ3v) is 0.341. The molecule has 0 bridgehead atoms. The van der Waals surface area contributed by atoms with E-state index in [1.165, 1.54) is 0 Å². The van der Waals surface area contributed by atoms with E-state index in [0.29, 0.717) is 0 Å². The molecule has 0 aromatic carbocycles. The Morgan fingerprint density at radius 1 is 0.786 bits per heavy atom. The van der Waals surface area contributed by atoms with E-state index < -0.39 is 18.5 Å². The first-order valence-electron chi connectivity index (χ1n) is 1.88. The summed E-state index contributed by atoms with van der Waals surface area (Å²) in [5.74, 6) is 0. The fraction of sp³-hybridized carbons (Fsp3) is 0. The number of rotatable bonds is 0. The van der Waals surface area contributed by atoms with Crippen LogP contribution in [0, 0.1) is 0 Å². The van der Waals surface area contributed by atoms with Crippen molar-refractivity contribution in [1.29, 1.82) is 0 Å². The van der Waals surface area contributed by atoms with E-state index in [-0.39, 0.29) is 173 Å². The van der Waals surface area contributed by atoms with Crippen LogP contribution in [-0.2, 0) is 9.47 Å². The van der Waals surface area contributed by atoms with E-state index in [1.54, 1.807) is 0 Å². The maximum absolute atomic E-state index is 9.86. The molecule has 0 saturated heterocycles. The molecular weight excluding hydrogens is 503 g/mol. The Morgan fingerprint density at radius 2 is 1.00 bits per heavy atom. The van der Waals surface area contributed by atoms with Crippen LogP contribution in [0.3, 0.4) is 0 Å². The molecule has 0 saturated carbocycles. The predicted octanol–water partition coefficient (Wildman–Crippen LogP) is -3.17. The van der Waals surface area contributed by atoms with Gasteiger partial charge in [-0.15, -0.1) is 0 Å². The second-order valence-electron chi connectivity index (χ2n) is 0.986. The molecule has 0 aliphatic carbocycles. The molecule has 0 aromatic rings. The third kappa shape index (κ3) is 24.9.